The highest BCUT2D eigenvalue weighted by atomic mass is 35.5. The van der Waals surface area contributed by atoms with Gasteiger partial charge >= 0.3 is 0 Å². The van der Waals surface area contributed by atoms with Crippen LogP contribution in [-0.4, -0.2) is 20.1 Å². The number of rotatable bonds is 6. The van der Waals surface area contributed by atoms with E-state index in [-0.39, 0.29) is 9.92 Å². The van der Waals surface area contributed by atoms with Gasteiger partial charge in [-0.25, -0.2) is 8.42 Å². The lowest BCUT2D eigenvalue weighted by Gasteiger charge is -2.13. The van der Waals surface area contributed by atoms with Gasteiger partial charge in [0, 0.05) is 12.2 Å². The second-order valence-electron chi connectivity index (χ2n) is 5.99. The standard InChI is InChI=1S/C17H19Cl2N3O2S2/c1-11(2)10-20-17(25)21-12-3-6-14(7-4-12)26(23,24)22-13-5-8-15(18)16(19)9-13/h3-9,11,22H,10H2,1-2H3,(H2,20,21,25). The lowest BCUT2D eigenvalue weighted by molar-refractivity contribution is 0.601. The summed E-state index contributed by atoms with van der Waals surface area (Å²) >= 11 is 16.9. The Morgan fingerprint density at radius 3 is 2.23 bits per heavy atom. The number of halogens is 2. The van der Waals surface area contributed by atoms with Gasteiger partial charge in [0.05, 0.1) is 20.6 Å². The van der Waals surface area contributed by atoms with Gasteiger partial charge in [0.15, 0.2) is 5.11 Å². The molecule has 140 valence electrons. The first-order valence-electron chi connectivity index (χ1n) is 7.80. The predicted molar refractivity (Wildman–Crippen MR) is 113 cm³/mol. The zero-order valence-electron chi connectivity index (χ0n) is 14.2. The molecular formula is C17H19Cl2N3O2S2. The van der Waals surface area contributed by atoms with Crippen molar-refractivity contribution in [3.63, 3.8) is 0 Å². The number of benzene rings is 2. The fourth-order valence-corrected chi connectivity index (χ4v) is 3.51. The molecule has 2 aromatic rings. The Hall–Kier alpha value is -1.54. The van der Waals surface area contributed by atoms with Crippen LogP contribution < -0.4 is 15.4 Å². The number of anilines is 2. The molecule has 0 atom stereocenters. The van der Waals surface area contributed by atoms with Crippen molar-refractivity contribution < 1.29 is 8.42 Å². The first kappa shape index (κ1) is 20.8. The van der Waals surface area contributed by atoms with E-state index < -0.39 is 10.0 Å². The first-order valence-corrected chi connectivity index (χ1v) is 10.4. The van der Waals surface area contributed by atoms with Gasteiger partial charge in [-0.15, -0.1) is 0 Å². The molecule has 0 unspecified atom stereocenters. The highest BCUT2D eigenvalue weighted by Gasteiger charge is 2.15. The molecule has 0 spiro atoms. The molecule has 2 aromatic carbocycles. The van der Waals surface area contributed by atoms with E-state index in [0.29, 0.717) is 27.4 Å². The zero-order chi connectivity index (χ0) is 19.3. The first-order chi connectivity index (χ1) is 12.2. The lowest BCUT2D eigenvalue weighted by atomic mass is 10.2. The maximum atomic E-state index is 12.5. The van der Waals surface area contributed by atoms with Crippen LogP contribution in [0.1, 0.15) is 13.8 Å². The molecule has 0 heterocycles. The summed E-state index contributed by atoms with van der Waals surface area (Å²) in [4.78, 5) is 0.121. The minimum absolute atomic E-state index is 0.121. The highest BCUT2D eigenvalue weighted by Crippen LogP contribution is 2.26. The fraction of sp³-hybridized carbons (Fsp3) is 0.235. The van der Waals surface area contributed by atoms with Gasteiger partial charge in [-0.05, 0) is 60.6 Å². The quantitative estimate of drug-likeness (QED) is 0.576. The van der Waals surface area contributed by atoms with Gasteiger partial charge in [0.1, 0.15) is 0 Å². The normalized spacial score (nSPS) is 11.3. The highest BCUT2D eigenvalue weighted by molar-refractivity contribution is 7.92. The van der Waals surface area contributed by atoms with E-state index in [4.69, 9.17) is 35.4 Å². The van der Waals surface area contributed by atoms with Gasteiger partial charge in [0.2, 0.25) is 0 Å². The summed E-state index contributed by atoms with van der Waals surface area (Å²) in [7, 11) is -3.74. The smallest absolute Gasteiger partial charge is 0.261 e. The Morgan fingerprint density at radius 2 is 1.65 bits per heavy atom. The van der Waals surface area contributed by atoms with E-state index >= 15 is 0 Å². The summed E-state index contributed by atoms with van der Waals surface area (Å²) in [5.41, 5.74) is 1.03. The van der Waals surface area contributed by atoms with Crippen molar-refractivity contribution in [2.45, 2.75) is 18.7 Å². The number of sulfonamides is 1. The van der Waals surface area contributed by atoms with E-state index in [9.17, 15) is 8.42 Å². The third-order valence-corrected chi connectivity index (χ3v) is 5.65. The monoisotopic (exact) mass is 431 g/mol. The Labute approximate surface area is 169 Å². The summed E-state index contributed by atoms with van der Waals surface area (Å²) in [5, 5.41) is 7.21. The second kappa shape index (κ2) is 8.90. The molecule has 0 amide bonds. The summed E-state index contributed by atoms with van der Waals surface area (Å²) < 4.78 is 27.4. The molecule has 0 aromatic heterocycles. The molecule has 9 heteroatoms. The minimum Gasteiger partial charge on any atom is -0.362 e. The van der Waals surface area contributed by atoms with Crippen LogP contribution in [0.15, 0.2) is 47.4 Å². The molecular weight excluding hydrogens is 413 g/mol. The summed E-state index contributed by atoms with van der Waals surface area (Å²) in [5.74, 6) is 0.467. The van der Waals surface area contributed by atoms with Gasteiger partial charge in [0.25, 0.3) is 10.0 Å². The molecule has 0 saturated heterocycles. The molecule has 0 aliphatic carbocycles. The Balaban J connectivity index is 2.06. The molecule has 5 nitrogen and oxygen atoms in total. The Morgan fingerprint density at radius 1 is 1.04 bits per heavy atom. The van der Waals surface area contributed by atoms with E-state index in [0.717, 1.165) is 6.54 Å². The van der Waals surface area contributed by atoms with Crippen LogP contribution in [0.3, 0.4) is 0 Å². The van der Waals surface area contributed by atoms with E-state index in [1.54, 1.807) is 18.2 Å². The van der Waals surface area contributed by atoms with Gasteiger partial charge < -0.3 is 10.6 Å². The predicted octanol–water partition coefficient (Wildman–Crippen LogP) is 4.74. The lowest BCUT2D eigenvalue weighted by Crippen LogP contribution is -2.31. The maximum Gasteiger partial charge on any atom is 0.261 e. The molecule has 0 fully saturated rings. The van der Waals surface area contributed by atoms with E-state index in [2.05, 4.69) is 29.2 Å². The van der Waals surface area contributed by atoms with Crippen molar-refractivity contribution >= 4 is 61.9 Å². The molecule has 26 heavy (non-hydrogen) atoms. The minimum atomic E-state index is -3.74. The number of nitrogens with one attached hydrogen (secondary N) is 3. The number of hydrogen-bond acceptors (Lipinski definition) is 3. The van der Waals surface area contributed by atoms with Crippen LogP contribution in [0.4, 0.5) is 11.4 Å². The van der Waals surface area contributed by atoms with Crippen molar-refractivity contribution in [2.75, 3.05) is 16.6 Å². The summed E-state index contributed by atoms with van der Waals surface area (Å²) in [6.07, 6.45) is 0. The molecule has 0 saturated carbocycles. The third kappa shape index (κ3) is 6.02. The largest absolute Gasteiger partial charge is 0.362 e. The summed E-state index contributed by atoms with van der Waals surface area (Å²) in [6.45, 7) is 4.91. The molecule has 3 N–H and O–H groups in total. The molecule has 0 radical (unpaired) electrons. The zero-order valence-corrected chi connectivity index (χ0v) is 17.4. The summed E-state index contributed by atoms with van der Waals surface area (Å²) in [6, 6.07) is 10.8. The van der Waals surface area contributed by atoms with E-state index in [1.807, 2.05) is 0 Å². The molecule has 2 rings (SSSR count). The average Bonchev–Trinajstić information content (AvgIpc) is 2.56. The van der Waals surface area contributed by atoms with Crippen LogP contribution in [0.2, 0.25) is 10.0 Å². The SMILES string of the molecule is CC(C)CNC(=S)Nc1ccc(S(=O)(=O)Nc2ccc(Cl)c(Cl)c2)cc1. The maximum absolute atomic E-state index is 12.5. The second-order valence-corrected chi connectivity index (χ2v) is 8.89. The van der Waals surface area contributed by atoms with Gasteiger partial charge in [-0.3, -0.25) is 4.72 Å². The van der Waals surface area contributed by atoms with Crippen molar-refractivity contribution in [3.05, 3.63) is 52.5 Å². The van der Waals surface area contributed by atoms with Crippen molar-refractivity contribution in [1.82, 2.24) is 5.32 Å². The third-order valence-electron chi connectivity index (χ3n) is 3.27. The van der Waals surface area contributed by atoms with Crippen LogP contribution in [-0.2, 0) is 10.0 Å². The number of thiocarbonyl (C=S) groups is 1. The van der Waals surface area contributed by atoms with E-state index in [1.165, 1.54) is 24.3 Å². The van der Waals surface area contributed by atoms with Crippen LogP contribution in [0, 0.1) is 5.92 Å². The van der Waals surface area contributed by atoms with Gasteiger partial charge in [-0.2, -0.15) is 0 Å². The Kier molecular flexibility index (Phi) is 7.11. The van der Waals surface area contributed by atoms with Crippen molar-refractivity contribution in [1.29, 1.82) is 0 Å². The molecule has 0 aliphatic rings. The average molecular weight is 432 g/mol. The molecule has 0 bridgehead atoms. The fourth-order valence-electron chi connectivity index (χ4n) is 1.96. The molecule has 0 aliphatic heterocycles. The van der Waals surface area contributed by atoms with Gasteiger partial charge in [-0.1, -0.05) is 37.0 Å². The van der Waals surface area contributed by atoms with Crippen LogP contribution >= 0.6 is 35.4 Å². The Bertz CT molecular complexity index is 885. The van der Waals surface area contributed by atoms with Crippen molar-refractivity contribution in [3.8, 4) is 0 Å². The number of hydrogen-bond donors (Lipinski definition) is 3. The van der Waals surface area contributed by atoms with Crippen LogP contribution in [0.5, 0.6) is 0 Å². The topological polar surface area (TPSA) is 70.2 Å². The van der Waals surface area contributed by atoms with Crippen molar-refractivity contribution in [2.24, 2.45) is 5.92 Å². The van der Waals surface area contributed by atoms with Crippen LogP contribution in [0.25, 0.3) is 0 Å².